The number of nitrogen functional groups attached to an aromatic ring is 1. The van der Waals surface area contributed by atoms with Gasteiger partial charge in [0.2, 0.25) is 0 Å². The lowest BCUT2D eigenvalue weighted by Gasteiger charge is -1.98. The quantitative estimate of drug-likeness (QED) is 0.268. The van der Waals surface area contributed by atoms with Crippen molar-refractivity contribution in [2.24, 2.45) is 5.11 Å². The molecule has 7 nitrogen and oxygen atoms in total. The summed E-state index contributed by atoms with van der Waals surface area (Å²) in [5.41, 5.74) is 13.9. The lowest BCUT2D eigenvalue weighted by Crippen LogP contribution is -2.05. The van der Waals surface area contributed by atoms with E-state index in [0.29, 0.717) is 18.5 Å². The molecule has 1 aromatic heterocycles. The molecule has 1 heterocycles. The predicted octanol–water partition coefficient (Wildman–Crippen LogP) is 1.41. The van der Waals surface area contributed by atoms with Gasteiger partial charge in [0, 0.05) is 29.6 Å². The van der Waals surface area contributed by atoms with Crippen LogP contribution in [0.3, 0.4) is 0 Å². The lowest BCUT2D eigenvalue weighted by atomic mass is 10.2. The van der Waals surface area contributed by atoms with Crippen LogP contribution in [0.4, 0.5) is 5.69 Å². The molecule has 0 radical (unpaired) electrons. The van der Waals surface area contributed by atoms with Gasteiger partial charge >= 0.3 is 5.97 Å². The van der Waals surface area contributed by atoms with Gasteiger partial charge in [-0.1, -0.05) is 17.0 Å². The average Bonchev–Trinajstić information content (AvgIpc) is 2.28. The van der Waals surface area contributed by atoms with Crippen molar-refractivity contribution in [1.29, 1.82) is 0 Å². The van der Waals surface area contributed by atoms with Gasteiger partial charge in [0.25, 0.3) is 0 Å². The first-order valence-electron chi connectivity index (χ1n) is 4.63. The Bertz CT molecular complexity index is 537. The van der Waals surface area contributed by atoms with Crippen molar-refractivity contribution in [3.8, 4) is 11.8 Å². The van der Waals surface area contributed by atoms with Crippen molar-refractivity contribution < 1.29 is 9.90 Å². The highest BCUT2D eigenvalue weighted by Crippen LogP contribution is 2.10. The van der Waals surface area contributed by atoms with Crippen LogP contribution in [0.1, 0.15) is 22.5 Å². The number of carbonyl (C=O) groups is 1. The Morgan fingerprint density at radius 2 is 2.47 bits per heavy atom. The van der Waals surface area contributed by atoms with Gasteiger partial charge in [-0.05, 0) is 11.6 Å². The Morgan fingerprint density at radius 3 is 3.06 bits per heavy atom. The summed E-state index contributed by atoms with van der Waals surface area (Å²) in [5, 5.41) is 12.0. The fourth-order valence-electron chi connectivity index (χ4n) is 1.04. The SMILES string of the molecule is [N-]=[N+]=NCCC#Cc1cnc(C(=O)O)c(N)c1. The number of rotatable bonds is 3. The van der Waals surface area contributed by atoms with Crippen LogP contribution in [0, 0.1) is 11.8 Å². The summed E-state index contributed by atoms with van der Waals surface area (Å²) in [6.45, 7) is 0.291. The number of nitrogens with two attached hydrogens (primary N) is 1. The first-order valence-corrected chi connectivity index (χ1v) is 4.63. The molecule has 1 rings (SSSR count). The van der Waals surface area contributed by atoms with Crippen LogP contribution >= 0.6 is 0 Å². The molecule has 0 fully saturated rings. The molecule has 0 aliphatic heterocycles. The number of hydrogen-bond acceptors (Lipinski definition) is 4. The summed E-state index contributed by atoms with van der Waals surface area (Å²) in [6.07, 6.45) is 1.75. The van der Waals surface area contributed by atoms with Crippen molar-refractivity contribution >= 4 is 11.7 Å². The molecule has 0 aromatic carbocycles. The molecule has 17 heavy (non-hydrogen) atoms. The third kappa shape index (κ3) is 3.74. The van der Waals surface area contributed by atoms with Crippen molar-refractivity contribution in [3.05, 3.63) is 34.0 Å². The number of aromatic carboxylic acids is 1. The first kappa shape index (κ1) is 12.4. The normalized spacial score (nSPS) is 8.71. The van der Waals surface area contributed by atoms with Crippen molar-refractivity contribution in [2.75, 3.05) is 12.3 Å². The highest BCUT2D eigenvalue weighted by atomic mass is 16.4. The number of aromatic nitrogens is 1. The van der Waals surface area contributed by atoms with Crippen LogP contribution in [0.5, 0.6) is 0 Å². The van der Waals surface area contributed by atoms with Gasteiger partial charge in [-0.15, -0.1) is 0 Å². The third-order valence-corrected chi connectivity index (χ3v) is 1.75. The van der Waals surface area contributed by atoms with Gasteiger partial charge in [0.15, 0.2) is 5.69 Å². The van der Waals surface area contributed by atoms with E-state index in [2.05, 4.69) is 26.9 Å². The zero-order chi connectivity index (χ0) is 12.7. The number of pyridine rings is 1. The Kier molecular flexibility index (Phi) is 4.36. The second-order valence-electron chi connectivity index (χ2n) is 2.97. The number of azide groups is 1. The molecule has 0 amide bonds. The summed E-state index contributed by atoms with van der Waals surface area (Å²) in [5.74, 6) is 4.32. The largest absolute Gasteiger partial charge is 0.476 e. The summed E-state index contributed by atoms with van der Waals surface area (Å²) in [7, 11) is 0. The van der Waals surface area contributed by atoms with Crippen LogP contribution in [0.15, 0.2) is 17.4 Å². The Hall–Kier alpha value is -2.71. The highest BCUT2D eigenvalue weighted by molar-refractivity contribution is 5.91. The number of carboxylic acids is 1. The lowest BCUT2D eigenvalue weighted by molar-refractivity contribution is 0.0692. The zero-order valence-electron chi connectivity index (χ0n) is 8.79. The van der Waals surface area contributed by atoms with Crippen LogP contribution < -0.4 is 5.73 Å². The van der Waals surface area contributed by atoms with Crippen LogP contribution in [0.2, 0.25) is 0 Å². The maximum atomic E-state index is 10.6. The van der Waals surface area contributed by atoms with E-state index in [1.807, 2.05) is 0 Å². The number of hydrogen-bond donors (Lipinski definition) is 2. The van der Waals surface area contributed by atoms with E-state index >= 15 is 0 Å². The molecule has 3 N–H and O–H groups in total. The minimum absolute atomic E-state index is 0.0688. The molecule has 0 aliphatic carbocycles. The van der Waals surface area contributed by atoms with Gasteiger partial charge in [-0.25, -0.2) is 9.78 Å². The van der Waals surface area contributed by atoms with Gasteiger partial charge in [0.05, 0.1) is 5.69 Å². The minimum atomic E-state index is -1.18. The molecule has 86 valence electrons. The molecular weight excluding hydrogens is 222 g/mol. The van der Waals surface area contributed by atoms with Crippen molar-refractivity contribution in [3.63, 3.8) is 0 Å². The minimum Gasteiger partial charge on any atom is -0.476 e. The molecule has 0 saturated carbocycles. The van der Waals surface area contributed by atoms with Gasteiger partial charge in [-0.2, -0.15) is 0 Å². The Labute approximate surface area is 96.9 Å². The molecule has 0 saturated heterocycles. The molecule has 0 unspecified atom stereocenters. The fraction of sp³-hybridized carbons (Fsp3) is 0.200. The van der Waals surface area contributed by atoms with E-state index in [1.165, 1.54) is 12.3 Å². The Balaban J connectivity index is 2.77. The maximum absolute atomic E-state index is 10.6. The average molecular weight is 231 g/mol. The van der Waals surface area contributed by atoms with E-state index in [4.69, 9.17) is 16.4 Å². The van der Waals surface area contributed by atoms with E-state index in [1.54, 1.807) is 0 Å². The van der Waals surface area contributed by atoms with Gasteiger partial charge in [0.1, 0.15) is 0 Å². The van der Waals surface area contributed by atoms with Crippen LogP contribution in [0.25, 0.3) is 10.4 Å². The molecule has 0 bridgehead atoms. The van der Waals surface area contributed by atoms with E-state index in [0.717, 1.165) is 0 Å². The number of carboxylic acid groups (broad SMARTS) is 1. The summed E-state index contributed by atoms with van der Waals surface area (Å²) >= 11 is 0. The molecule has 1 aromatic rings. The molecule has 7 heteroatoms. The molecule has 0 spiro atoms. The summed E-state index contributed by atoms with van der Waals surface area (Å²) < 4.78 is 0. The van der Waals surface area contributed by atoms with E-state index in [9.17, 15) is 4.79 Å². The third-order valence-electron chi connectivity index (χ3n) is 1.75. The van der Waals surface area contributed by atoms with Gasteiger partial charge < -0.3 is 10.8 Å². The van der Waals surface area contributed by atoms with Gasteiger partial charge in [-0.3, -0.25) is 0 Å². The van der Waals surface area contributed by atoms with E-state index < -0.39 is 5.97 Å². The zero-order valence-corrected chi connectivity index (χ0v) is 8.79. The number of nitrogens with zero attached hydrogens (tertiary/aromatic N) is 4. The topological polar surface area (TPSA) is 125 Å². The second kappa shape index (κ2) is 6.00. The standard InChI is InChI=1S/C10H9N5O2/c11-8-5-7(3-1-2-4-14-15-12)6-13-9(8)10(16)17/h5-6H,2,4,11H2,(H,16,17). The maximum Gasteiger partial charge on any atom is 0.356 e. The smallest absolute Gasteiger partial charge is 0.356 e. The summed E-state index contributed by atoms with van der Waals surface area (Å²) in [4.78, 5) is 16.9. The summed E-state index contributed by atoms with van der Waals surface area (Å²) in [6, 6.07) is 1.44. The van der Waals surface area contributed by atoms with Crippen molar-refractivity contribution in [1.82, 2.24) is 4.98 Å². The Morgan fingerprint density at radius 1 is 1.71 bits per heavy atom. The molecular formula is C10H9N5O2. The van der Waals surface area contributed by atoms with Crippen molar-refractivity contribution in [2.45, 2.75) is 6.42 Å². The monoisotopic (exact) mass is 231 g/mol. The van der Waals surface area contributed by atoms with E-state index in [-0.39, 0.29) is 11.4 Å². The predicted molar refractivity (Wildman–Crippen MR) is 61.1 cm³/mol. The second-order valence-corrected chi connectivity index (χ2v) is 2.97. The molecule has 0 atom stereocenters. The van der Waals surface area contributed by atoms with Crippen LogP contribution in [-0.2, 0) is 0 Å². The molecule has 0 aliphatic rings. The number of anilines is 1. The highest BCUT2D eigenvalue weighted by Gasteiger charge is 2.08. The fourth-order valence-corrected chi connectivity index (χ4v) is 1.04. The first-order chi connectivity index (χ1) is 8.15. The van der Waals surface area contributed by atoms with Crippen LogP contribution in [-0.4, -0.2) is 22.6 Å².